The SMILES string of the molecule is CCCNc1cnoc1. The molecule has 0 aliphatic carbocycles. The fourth-order valence-electron chi connectivity index (χ4n) is 0.561. The van der Waals surface area contributed by atoms with Crippen LogP contribution in [-0.4, -0.2) is 11.7 Å². The van der Waals surface area contributed by atoms with E-state index >= 15 is 0 Å². The molecule has 0 unspecified atom stereocenters. The monoisotopic (exact) mass is 126 g/mol. The average Bonchev–Trinajstić information content (AvgIpc) is 2.34. The molecule has 1 heterocycles. The number of hydrogen-bond donors (Lipinski definition) is 1. The van der Waals surface area contributed by atoms with Gasteiger partial charge in [-0.1, -0.05) is 12.1 Å². The maximum atomic E-state index is 4.60. The van der Waals surface area contributed by atoms with Gasteiger partial charge in [-0.3, -0.25) is 0 Å². The maximum Gasteiger partial charge on any atom is 0.146 e. The lowest BCUT2D eigenvalue weighted by atomic mass is 10.4. The van der Waals surface area contributed by atoms with Gasteiger partial charge in [0.15, 0.2) is 0 Å². The van der Waals surface area contributed by atoms with Crippen molar-refractivity contribution in [1.29, 1.82) is 0 Å². The zero-order valence-electron chi connectivity index (χ0n) is 5.42. The summed E-state index contributed by atoms with van der Waals surface area (Å²) in [7, 11) is 0. The molecule has 0 aromatic carbocycles. The lowest BCUT2D eigenvalue weighted by Crippen LogP contribution is -1.97. The predicted octanol–water partition coefficient (Wildman–Crippen LogP) is 1.50. The second-order valence-electron chi connectivity index (χ2n) is 1.84. The van der Waals surface area contributed by atoms with Crippen molar-refractivity contribution in [2.45, 2.75) is 13.3 Å². The Bertz CT molecular complexity index is 148. The van der Waals surface area contributed by atoms with Gasteiger partial charge in [0.05, 0.1) is 11.9 Å². The van der Waals surface area contributed by atoms with Crippen LogP contribution < -0.4 is 5.32 Å². The number of nitrogens with one attached hydrogen (secondary N) is 1. The molecule has 0 aliphatic rings. The van der Waals surface area contributed by atoms with E-state index in [0.29, 0.717) is 0 Å². The molecule has 50 valence electrons. The highest BCUT2D eigenvalue weighted by atomic mass is 16.5. The Labute approximate surface area is 54.0 Å². The zero-order chi connectivity index (χ0) is 6.53. The van der Waals surface area contributed by atoms with Crippen LogP contribution in [0.25, 0.3) is 0 Å². The molecule has 0 radical (unpaired) electrons. The van der Waals surface area contributed by atoms with Gasteiger partial charge in [0.25, 0.3) is 0 Å². The first-order valence-corrected chi connectivity index (χ1v) is 3.06. The number of rotatable bonds is 3. The molecule has 3 nitrogen and oxygen atoms in total. The van der Waals surface area contributed by atoms with E-state index in [0.717, 1.165) is 18.7 Å². The third-order valence-corrected chi connectivity index (χ3v) is 1.01. The molecule has 3 heteroatoms. The van der Waals surface area contributed by atoms with E-state index in [1.165, 1.54) is 0 Å². The minimum Gasteiger partial charge on any atom is -0.381 e. The van der Waals surface area contributed by atoms with Crippen LogP contribution in [0.2, 0.25) is 0 Å². The smallest absolute Gasteiger partial charge is 0.146 e. The molecular weight excluding hydrogens is 116 g/mol. The molecule has 1 aromatic heterocycles. The fraction of sp³-hybridized carbons (Fsp3) is 0.500. The number of nitrogens with zero attached hydrogens (tertiary/aromatic N) is 1. The van der Waals surface area contributed by atoms with Crippen LogP contribution in [0, 0.1) is 0 Å². The minimum atomic E-state index is 0.955. The Kier molecular flexibility index (Phi) is 2.13. The summed E-state index contributed by atoms with van der Waals surface area (Å²) in [5, 5.41) is 6.66. The van der Waals surface area contributed by atoms with E-state index in [4.69, 9.17) is 0 Å². The molecule has 0 bridgehead atoms. The largest absolute Gasteiger partial charge is 0.381 e. The van der Waals surface area contributed by atoms with Gasteiger partial charge in [0.2, 0.25) is 0 Å². The van der Waals surface area contributed by atoms with E-state index in [1.807, 2.05) is 0 Å². The molecular formula is C6H10N2O. The highest BCUT2D eigenvalue weighted by molar-refractivity contribution is 5.35. The van der Waals surface area contributed by atoms with Gasteiger partial charge in [0, 0.05) is 6.54 Å². The summed E-state index contributed by atoms with van der Waals surface area (Å²) < 4.78 is 4.60. The normalized spacial score (nSPS) is 9.44. The van der Waals surface area contributed by atoms with Crippen molar-refractivity contribution in [2.24, 2.45) is 0 Å². The highest BCUT2D eigenvalue weighted by Gasteiger charge is 1.89. The van der Waals surface area contributed by atoms with Crippen LogP contribution in [0.4, 0.5) is 5.69 Å². The van der Waals surface area contributed by atoms with Gasteiger partial charge in [-0.15, -0.1) is 0 Å². The highest BCUT2D eigenvalue weighted by Crippen LogP contribution is 2.02. The van der Waals surface area contributed by atoms with Gasteiger partial charge in [-0.25, -0.2) is 0 Å². The van der Waals surface area contributed by atoms with Crippen molar-refractivity contribution >= 4 is 5.69 Å². The van der Waals surface area contributed by atoms with Crippen LogP contribution in [0.15, 0.2) is 17.0 Å². The standard InChI is InChI=1S/C6H10N2O/c1-2-3-7-6-4-8-9-5-6/h4-5,7H,2-3H2,1H3. The summed E-state index contributed by atoms with van der Waals surface area (Å²) in [5.41, 5.74) is 0.955. The molecule has 1 aromatic rings. The molecule has 0 spiro atoms. The Morgan fingerprint density at radius 1 is 1.78 bits per heavy atom. The van der Waals surface area contributed by atoms with Crippen molar-refractivity contribution in [2.75, 3.05) is 11.9 Å². The summed E-state index contributed by atoms with van der Waals surface area (Å²) in [6.45, 7) is 3.09. The molecule has 0 atom stereocenters. The Morgan fingerprint density at radius 2 is 2.67 bits per heavy atom. The second kappa shape index (κ2) is 3.12. The lowest BCUT2D eigenvalue weighted by molar-refractivity contribution is 0.420. The quantitative estimate of drug-likeness (QED) is 0.666. The molecule has 9 heavy (non-hydrogen) atoms. The zero-order valence-corrected chi connectivity index (χ0v) is 5.42. The van der Waals surface area contributed by atoms with Crippen LogP contribution in [0.3, 0.4) is 0 Å². The molecule has 0 amide bonds. The third kappa shape index (κ3) is 1.76. The number of aromatic nitrogens is 1. The Balaban J connectivity index is 2.30. The van der Waals surface area contributed by atoms with Crippen LogP contribution >= 0.6 is 0 Å². The lowest BCUT2D eigenvalue weighted by Gasteiger charge is -1.95. The second-order valence-corrected chi connectivity index (χ2v) is 1.84. The summed E-state index contributed by atoms with van der Waals surface area (Å²) in [6.07, 6.45) is 4.37. The summed E-state index contributed by atoms with van der Waals surface area (Å²) in [5.74, 6) is 0. The number of hydrogen-bond acceptors (Lipinski definition) is 3. The molecule has 0 aliphatic heterocycles. The van der Waals surface area contributed by atoms with Gasteiger partial charge < -0.3 is 9.84 Å². The predicted molar refractivity (Wildman–Crippen MR) is 35.3 cm³/mol. The first-order chi connectivity index (χ1) is 4.43. The summed E-state index contributed by atoms with van der Waals surface area (Å²) in [4.78, 5) is 0. The van der Waals surface area contributed by atoms with Crippen LogP contribution in [0.1, 0.15) is 13.3 Å². The van der Waals surface area contributed by atoms with E-state index in [-0.39, 0.29) is 0 Å². The van der Waals surface area contributed by atoms with Gasteiger partial charge in [-0.2, -0.15) is 0 Å². The van der Waals surface area contributed by atoms with E-state index in [9.17, 15) is 0 Å². The van der Waals surface area contributed by atoms with Gasteiger partial charge in [-0.05, 0) is 6.42 Å². The topological polar surface area (TPSA) is 38.1 Å². The Hall–Kier alpha value is -0.990. The van der Waals surface area contributed by atoms with Crippen molar-refractivity contribution in [3.8, 4) is 0 Å². The van der Waals surface area contributed by atoms with Gasteiger partial charge in [0.1, 0.15) is 6.26 Å². The Morgan fingerprint density at radius 3 is 3.22 bits per heavy atom. The van der Waals surface area contributed by atoms with Gasteiger partial charge >= 0.3 is 0 Å². The summed E-state index contributed by atoms with van der Waals surface area (Å²) in [6, 6.07) is 0. The molecule has 1 rings (SSSR count). The molecule has 1 N–H and O–H groups in total. The minimum absolute atomic E-state index is 0.955. The van der Waals surface area contributed by atoms with Crippen LogP contribution in [0.5, 0.6) is 0 Å². The van der Waals surface area contributed by atoms with Crippen molar-refractivity contribution in [3.05, 3.63) is 12.5 Å². The molecule has 0 fully saturated rings. The first kappa shape index (κ1) is 6.13. The summed E-state index contributed by atoms with van der Waals surface area (Å²) >= 11 is 0. The van der Waals surface area contributed by atoms with Crippen molar-refractivity contribution in [3.63, 3.8) is 0 Å². The van der Waals surface area contributed by atoms with Crippen LogP contribution in [-0.2, 0) is 0 Å². The van der Waals surface area contributed by atoms with Crippen molar-refractivity contribution < 1.29 is 4.52 Å². The molecule has 0 saturated carbocycles. The number of anilines is 1. The fourth-order valence-corrected chi connectivity index (χ4v) is 0.561. The van der Waals surface area contributed by atoms with E-state index in [2.05, 4.69) is 21.9 Å². The van der Waals surface area contributed by atoms with E-state index < -0.39 is 0 Å². The third-order valence-electron chi connectivity index (χ3n) is 1.01. The molecule has 0 saturated heterocycles. The van der Waals surface area contributed by atoms with E-state index in [1.54, 1.807) is 12.5 Å². The average molecular weight is 126 g/mol. The maximum absolute atomic E-state index is 4.60. The van der Waals surface area contributed by atoms with Crippen molar-refractivity contribution in [1.82, 2.24) is 5.16 Å². The first-order valence-electron chi connectivity index (χ1n) is 3.06.